The van der Waals surface area contributed by atoms with Gasteiger partial charge in [0.25, 0.3) is 11.8 Å². The highest BCUT2D eigenvalue weighted by atomic mass is 19.1. The molecule has 6 heteroatoms. The van der Waals surface area contributed by atoms with Gasteiger partial charge in [0.05, 0.1) is 17.2 Å². The normalized spacial score (nSPS) is 19.5. The van der Waals surface area contributed by atoms with Crippen molar-refractivity contribution in [1.82, 2.24) is 4.90 Å². The lowest BCUT2D eigenvalue weighted by Gasteiger charge is -2.31. The first-order valence-electron chi connectivity index (χ1n) is 7.58. The van der Waals surface area contributed by atoms with Crippen LogP contribution in [0.3, 0.4) is 0 Å². The van der Waals surface area contributed by atoms with E-state index in [1.165, 1.54) is 6.07 Å². The average Bonchev–Trinajstić information content (AvgIpc) is 2.80. The standard InChI is InChI=1S/C18H13FN2O3/c19-9-7-12-14(5-6-15(22)16(12)13(20)8-9)21-17(23)10-3-1-2-4-11(10)18(21)24/h1-4,7-8,14H,5-6,20H2. The maximum absolute atomic E-state index is 13.8. The topological polar surface area (TPSA) is 80.5 Å². The molecule has 0 aromatic heterocycles. The van der Waals surface area contributed by atoms with E-state index in [9.17, 15) is 18.8 Å². The molecule has 4 rings (SSSR count). The first-order valence-corrected chi connectivity index (χ1v) is 7.58. The lowest BCUT2D eigenvalue weighted by atomic mass is 9.84. The molecule has 0 saturated heterocycles. The third-order valence-electron chi connectivity index (χ3n) is 4.58. The number of amides is 2. The second-order valence-electron chi connectivity index (χ2n) is 5.96. The zero-order valence-electron chi connectivity index (χ0n) is 12.6. The number of benzene rings is 2. The van der Waals surface area contributed by atoms with Gasteiger partial charge >= 0.3 is 0 Å². The molecule has 1 heterocycles. The summed E-state index contributed by atoms with van der Waals surface area (Å²) in [7, 11) is 0. The fraction of sp³-hybridized carbons (Fsp3) is 0.167. The van der Waals surface area contributed by atoms with Crippen LogP contribution in [0.15, 0.2) is 36.4 Å². The third kappa shape index (κ3) is 1.89. The zero-order chi connectivity index (χ0) is 17.0. The van der Waals surface area contributed by atoms with Gasteiger partial charge in [0.15, 0.2) is 5.78 Å². The van der Waals surface area contributed by atoms with Crippen LogP contribution in [0.25, 0.3) is 0 Å². The monoisotopic (exact) mass is 324 g/mol. The van der Waals surface area contributed by atoms with Gasteiger partial charge in [-0.1, -0.05) is 12.1 Å². The van der Waals surface area contributed by atoms with Crippen LogP contribution in [0, 0.1) is 5.82 Å². The van der Waals surface area contributed by atoms with Crippen LogP contribution >= 0.6 is 0 Å². The van der Waals surface area contributed by atoms with Crippen molar-refractivity contribution in [3.8, 4) is 0 Å². The second-order valence-corrected chi connectivity index (χ2v) is 5.96. The summed E-state index contributed by atoms with van der Waals surface area (Å²) in [5.74, 6) is -1.65. The SMILES string of the molecule is Nc1cc(F)cc2c1C(=O)CCC2N1C(=O)c2ccccc2C1=O. The predicted molar refractivity (Wildman–Crippen MR) is 84.1 cm³/mol. The number of nitrogens with zero attached hydrogens (tertiary/aromatic N) is 1. The van der Waals surface area contributed by atoms with Gasteiger partial charge in [0, 0.05) is 17.7 Å². The number of nitrogen functional groups attached to an aromatic ring is 1. The van der Waals surface area contributed by atoms with Gasteiger partial charge in [-0.2, -0.15) is 0 Å². The number of carbonyl (C=O) groups excluding carboxylic acids is 3. The van der Waals surface area contributed by atoms with Crippen molar-refractivity contribution in [3.05, 3.63) is 64.5 Å². The van der Waals surface area contributed by atoms with Crippen molar-refractivity contribution in [3.63, 3.8) is 0 Å². The van der Waals surface area contributed by atoms with E-state index in [2.05, 4.69) is 0 Å². The average molecular weight is 324 g/mol. The van der Waals surface area contributed by atoms with Crippen LogP contribution in [0.1, 0.15) is 55.5 Å². The molecule has 0 bridgehead atoms. The lowest BCUT2D eigenvalue weighted by Crippen LogP contribution is -2.37. The summed E-state index contributed by atoms with van der Waals surface area (Å²) in [4.78, 5) is 38.6. The Morgan fingerprint density at radius 2 is 1.67 bits per heavy atom. The van der Waals surface area contributed by atoms with E-state index in [0.29, 0.717) is 16.7 Å². The molecule has 1 aliphatic carbocycles. The van der Waals surface area contributed by atoms with Crippen LogP contribution in [-0.2, 0) is 0 Å². The van der Waals surface area contributed by atoms with Gasteiger partial charge in [0.1, 0.15) is 5.82 Å². The van der Waals surface area contributed by atoms with E-state index in [4.69, 9.17) is 5.73 Å². The number of ketones is 1. The molecule has 24 heavy (non-hydrogen) atoms. The number of fused-ring (bicyclic) bond motifs is 2. The molecular weight excluding hydrogens is 311 g/mol. The van der Waals surface area contributed by atoms with E-state index in [0.717, 1.165) is 11.0 Å². The number of Topliss-reactive ketones (excluding diaryl/α,β-unsaturated/α-hetero) is 1. The molecule has 2 aliphatic rings. The van der Waals surface area contributed by atoms with Crippen LogP contribution in [-0.4, -0.2) is 22.5 Å². The maximum Gasteiger partial charge on any atom is 0.262 e. The maximum atomic E-state index is 13.8. The molecule has 1 atom stereocenters. The second kappa shape index (κ2) is 4.99. The number of halogens is 1. The Balaban J connectivity index is 1.86. The van der Waals surface area contributed by atoms with Crippen molar-refractivity contribution in [1.29, 1.82) is 0 Å². The Hall–Kier alpha value is -3.02. The van der Waals surface area contributed by atoms with E-state index < -0.39 is 23.7 Å². The van der Waals surface area contributed by atoms with Gasteiger partial charge < -0.3 is 5.73 Å². The van der Waals surface area contributed by atoms with Gasteiger partial charge in [-0.15, -0.1) is 0 Å². The number of hydrogen-bond acceptors (Lipinski definition) is 4. The van der Waals surface area contributed by atoms with E-state index in [1.54, 1.807) is 24.3 Å². The molecule has 0 saturated carbocycles. The van der Waals surface area contributed by atoms with E-state index >= 15 is 0 Å². The Morgan fingerprint density at radius 3 is 2.29 bits per heavy atom. The number of anilines is 1. The molecule has 1 aliphatic heterocycles. The summed E-state index contributed by atoms with van der Waals surface area (Å²) in [6.45, 7) is 0. The fourth-order valence-electron chi connectivity index (χ4n) is 3.54. The molecule has 2 aromatic rings. The highest BCUT2D eigenvalue weighted by Crippen LogP contribution is 2.40. The largest absolute Gasteiger partial charge is 0.398 e. The van der Waals surface area contributed by atoms with Crippen molar-refractivity contribution in [2.75, 3.05) is 5.73 Å². The smallest absolute Gasteiger partial charge is 0.262 e. The summed E-state index contributed by atoms with van der Waals surface area (Å²) in [5, 5.41) is 0. The Kier molecular flexibility index (Phi) is 3.03. The summed E-state index contributed by atoms with van der Waals surface area (Å²) < 4.78 is 13.8. The summed E-state index contributed by atoms with van der Waals surface area (Å²) in [5.41, 5.74) is 7.00. The van der Waals surface area contributed by atoms with E-state index in [-0.39, 0.29) is 29.9 Å². The van der Waals surface area contributed by atoms with Crippen molar-refractivity contribution < 1.29 is 18.8 Å². The first-order chi connectivity index (χ1) is 11.5. The van der Waals surface area contributed by atoms with Crippen molar-refractivity contribution in [2.45, 2.75) is 18.9 Å². The molecule has 0 radical (unpaired) electrons. The van der Waals surface area contributed by atoms with Crippen LogP contribution in [0.5, 0.6) is 0 Å². The molecule has 0 fully saturated rings. The summed E-state index contributed by atoms with van der Waals surface area (Å²) in [6.07, 6.45) is 0.418. The van der Waals surface area contributed by atoms with Gasteiger partial charge in [-0.05, 0) is 36.2 Å². The third-order valence-corrected chi connectivity index (χ3v) is 4.58. The number of carbonyl (C=O) groups is 3. The molecule has 2 amide bonds. The summed E-state index contributed by atoms with van der Waals surface area (Å²) >= 11 is 0. The minimum atomic E-state index is -0.692. The summed E-state index contributed by atoms with van der Waals surface area (Å²) in [6, 6.07) is 8.13. The Bertz CT molecular complexity index is 887. The Morgan fingerprint density at radius 1 is 1.04 bits per heavy atom. The van der Waals surface area contributed by atoms with Crippen LogP contribution < -0.4 is 5.73 Å². The fourth-order valence-corrected chi connectivity index (χ4v) is 3.54. The van der Waals surface area contributed by atoms with Gasteiger partial charge in [-0.25, -0.2) is 4.39 Å². The molecule has 2 N–H and O–H groups in total. The highest BCUT2D eigenvalue weighted by Gasteiger charge is 2.43. The zero-order valence-corrected chi connectivity index (χ0v) is 12.6. The number of nitrogens with two attached hydrogens (primary N) is 1. The molecule has 120 valence electrons. The van der Waals surface area contributed by atoms with Crippen molar-refractivity contribution >= 4 is 23.3 Å². The lowest BCUT2D eigenvalue weighted by molar-refractivity contribution is 0.0556. The minimum absolute atomic E-state index is 0.0382. The minimum Gasteiger partial charge on any atom is -0.398 e. The number of rotatable bonds is 1. The number of imide groups is 1. The van der Waals surface area contributed by atoms with Gasteiger partial charge in [-0.3, -0.25) is 19.3 Å². The Labute approximate surface area is 136 Å². The first kappa shape index (κ1) is 14.6. The molecule has 2 aromatic carbocycles. The molecule has 0 spiro atoms. The molecular formula is C18H13FN2O3. The molecule has 5 nitrogen and oxygen atoms in total. The quantitative estimate of drug-likeness (QED) is 0.646. The van der Waals surface area contributed by atoms with E-state index in [1.807, 2.05) is 0 Å². The molecule has 1 unspecified atom stereocenters. The van der Waals surface area contributed by atoms with Crippen LogP contribution in [0.4, 0.5) is 10.1 Å². The highest BCUT2D eigenvalue weighted by molar-refractivity contribution is 6.21. The van der Waals surface area contributed by atoms with Gasteiger partial charge in [0.2, 0.25) is 0 Å². The van der Waals surface area contributed by atoms with Crippen LogP contribution in [0.2, 0.25) is 0 Å². The van der Waals surface area contributed by atoms with Crippen molar-refractivity contribution in [2.24, 2.45) is 0 Å². The number of hydrogen-bond donors (Lipinski definition) is 1. The predicted octanol–water partition coefficient (Wildman–Crippen LogP) is 2.72.